The van der Waals surface area contributed by atoms with Crippen molar-refractivity contribution in [2.45, 2.75) is 26.4 Å². The minimum Gasteiger partial charge on any atom is -0.323 e. The first-order chi connectivity index (χ1) is 4.52. The molecule has 0 spiro atoms. The van der Waals surface area contributed by atoms with E-state index in [1.54, 1.807) is 6.66 Å². The zero-order valence-electron chi connectivity index (χ0n) is 6.83. The van der Waals surface area contributed by atoms with Gasteiger partial charge >= 0.3 is 0 Å². The van der Waals surface area contributed by atoms with Gasteiger partial charge in [-0.15, -0.1) is 0 Å². The molecule has 0 aliphatic rings. The summed E-state index contributed by atoms with van der Waals surface area (Å²) in [6, 6.07) is 0. The summed E-state index contributed by atoms with van der Waals surface area (Å²) in [5.74, 6) is 1.39. The second-order valence-electron chi connectivity index (χ2n) is 2.42. The Labute approximate surface area is 62.7 Å². The summed E-state index contributed by atoms with van der Waals surface area (Å²) >= 11 is 0. The number of hydrogen-bond acceptors (Lipinski definition) is 2. The van der Waals surface area contributed by atoms with Crippen molar-refractivity contribution in [1.29, 1.82) is 0 Å². The highest BCUT2D eigenvalue weighted by molar-refractivity contribution is 7.61. The van der Waals surface area contributed by atoms with E-state index in [9.17, 15) is 4.57 Å². The van der Waals surface area contributed by atoms with Gasteiger partial charge in [0, 0.05) is 6.66 Å². The van der Waals surface area contributed by atoms with Crippen molar-refractivity contribution in [2.75, 3.05) is 6.66 Å². The van der Waals surface area contributed by atoms with Crippen LogP contribution in [-0.2, 0) is 9.09 Å². The lowest BCUT2D eigenvalue weighted by molar-refractivity contribution is 0.226. The highest BCUT2D eigenvalue weighted by atomic mass is 31.2. The lowest BCUT2D eigenvalue weighted by atomic mass is 10.3. The van der Waals surface area contributed by atoms with Crippen LogP contribution in [0.3, 0.4) is 0 Å². The summed E-state index contributed by atoms with van der Waals surface area (Å²) in [4.78, 5) is 0. The van der Waals surface area contributed by atoms with Crippen LogP contribution in [0.1, 0.15) is 20.3 Å². The summed E-state index contributed by atoms with van der Waals surface area (Å²) < 4.78 is 16.4. The smallest absolute Gasteiger partial charge is 0.221 e. The fraction of sp³-hybridized carbons (Fsp3) is 0.714. The van der Waals surface area contributed by atoms with Crippen LogP contribution in [0.5, 0.6) is 0 Å². The predicted octanol–water partition coefficient (Wildman–Crippen LogP) is 2.85. The van der Waals surface area contributed by atoms with E-state index in [1.165, 1.54) is 5.82 Å². The Hall–Kier alpha value is -0.0700. The van der Waals surface area contributed by atoms with E-state index >= 15 is 0 Å². The van der Waals surface area contributed by atoms with Crippen LogP contribution >= 0.6 is 7.37 Å². The van der Waals surface area contributed by atoms with E-state index in [4.69, 9.17) is 4.52 Å². The molecule has 2 atom stereocenters. The summed E-state index contributed by atoms with van der Waals surface area (Å²) in [6.07, 6.45) is 0.944. The van der Waals surface area contributed by atoms with Crippen molar-refractivity contribution in [3.05, 3.63) is 12.4 Å². The first-order valence-corrected chi connectivity index (χ1v) is 5.55. The molecular formula is C7H15O2P. The second kappa shape index (κ2) is 3.95. The van der Waals surface area contributed by atoms with E-state index in [1.807, 2.05) is 13.8 Å². The standard InChI is InChI=1S/C7H15O2P/c1-5-7(3)9-10(4,8)6-2/h6-7H,2,5H2,1,3-4H3. The van der Waals surface area contributed by atoms with Gasteiger partial charge in [-0.05, 0) is 19.2 Å². The largest absolute Gasteiger partial charge is 0.323 e. The molecule has 0 aliphatic carbocycles. The SMILES string of the molecule is C=CP(C)(=O)OC(C)CC. The molecule has 0 radical (unpaired) electrons. The molecule has 0 bridgehead atoms. The fourth-order valence-corrected chi connectivity index (χ4v) is 1.42. The zero-order valence-corrected chi connectivity index (χ0v) is 7.73. The van der Waals surface area contributed by atoms with Gasteiger partial charge in [0.1, 0.15) is 0 Å². The Kier molecular flexibility index (Phi) is 3.92. The molecule has 0 heterocycles. The van der Waals surface area contributed by atoms with Gasteiger partial charge in [0.25, 0.3) is 0 Å². The summed E-state index contributed by atoms with van der Waals surface area (Å²) in [6.45, 7) is 8.90. The molecule has 0 rings (SSSR count). The summed E-state index contributed by atoms with van der Waals surface area (Å²) in [5.41, 5.74) is 0. The molecular weight excluding hydrogens is 147 g/mol. The highest BCUT2D eigenvalue weighted by Gasteiger charge is 2.13. The van der Waals surface area contributed by atoms with Crippen LogP contribution < -0.4 is 0 Å². The molecule has 0 aromatic rings. The Morgan fingerprint density at radius 3 is 2.60 bits per heavy atom. The van der Waals surface area contributed by atoms with Gasteiger partial charge in [-0.1, -0.05) is 13.5 Å². The maximum Gasteiger partial charge on any atom is 0.221 e. The molecule has 0 fully saturated rings. The molecule has 2 nitrogen and oxygen atoms in total. The molecule has 0 amide bonds. The predicted molar refractivity (Wildman–Crippen MR) is 44.6 cm³/mol. The van der Waals surface area contributed by atoms with Crippen molar-refractivity contribution in [2.24, 2.45) is 0 Å². The molecule has 0 saturated carbocycles. The number of rotatable bonds is 4. The van der Waals surface area contributed by atoms with Crippen LogP contribution in [0.2, 0.25) is 0 Å². The van der Waals surface area contributed by atoms with E-state index in [-0.39, 0.29) is 6.10 Å². The van der Waals surface area contributed by atoms with Crippen LogP contribution in [-0.4, -0.2) is 12.8 Å². The summed E-state index contributed by atoms with van der Waals surface area (Å²) in [5, 5.41) is 0. The van der Waals surface area contributed by atoms with E-state index in [2.05, 4.69) is 6.58 Å². The van der Waals surface area contributed by atoms with Crippen molar-refractivity contribution < 1.29 is 9.09 Å². The Balaban J connectivity index is 3.88. The van der Waals surface area contributed by atoms with Crippen molar-refractivity contribution in [1.82, 2.24) is 0 Å². The Morgan fingerprint density at radius 2 is 2.30 bits per heavy atom. The van der Waals surface area contributed by atoms with Crippen LogP contribution in [0.15, 0.2) is 12.4 Å². The maximum atomic E-state index is 11.2. The quantitative estimate of drug-likeness (QED) is 0.594. The van der Waals surface area contributed by atoms with Crippen LogP contribution in [0.4, 0.5) is 0 Å². The molecule has 60 valence electrons. The van der Waals surface area contributed by atoms with Gasteiger partial charge in [-0.2, -0.15) is 0 Å². The first-order valence-electron chi connectivity index (χ1n) is 3.41. The second-order valence-corrected chi connectivity index (χ2v) is 4.81. The normalized spacial score (nSPS) is 19.5. The van der Waals surface area contributed by atoms with E-state index < -0.39 is 7.37 Å². The van der Waals surface area contributed by atoms with Crippen LogP contribution in [0.25, 0.3) is 0 Å². The first kappa shape index (κ1) is 9.93. The third-order valence-corrected chi connectivity index (χ3v) is 2.74. The van der Waals surface area contributed by atoms with Gasteiger partial charge in [0.15, 0.2) is 0 Å². The number of hydrogen-bond donors (Lipinski definition) is 0. The van der Waals surface area contributed by atoms with E-state index in [0.29, 0.717) is 0 Å². The Morgan fingerprint density at radius 1 is 1.80 bits per heavy atom. The average Bonchev–Trinajstić information content (AvgIpc) is 1.87. The van der Waals surface area contributed by atoms with Gasteiger partial charge in [-0.3, -0.25) is 4.57 Å². The summed E-state index contributed by atoms with van der Waals surface area (Å²) in [7, 11) is -2.48. The third-order valence-electron chi connectivity index (χ3n) is 1.30. The Bertz CT molecular complexity index is 154. The van der Waals surface area contributed by atoms with Crippen molar-refractivity contribution in [3.8, 4) is 0 Å². The van der Waals surface area contributed by atoms with E-state index in [0.717, 1.165) is 6.42 Å². The minimum absolute atomic E-state index is 0.0637. The third kappa shape index (κ3) is 3.86. The topological polar surface area (TPSA) is 26.3 Å². The molecule has 0 aromatic heterocycles. The molecule has 10 heavy (non-hydrogen) atoms. The molecule has 0 saturated heterocycles. The fourth-order valence-electron chi connectivity index (χ4n) is 0.475. The van der Waals surface area contributed by atoms with Gasteiger partial charge < -0.3 is 4.52 Å². The highest BCUT2D eigenvalue weighted by Crippen LogP contribution is 2.44. The molecule has 0 aliphatic heterocycles. The van der Waals surface area contributed by atoms with Gasteiger partial charge in [-0.25, -0.2) is 0 Å². The van der Waals surface area contributed by atoms with Crippen molar-refractivity contribution >= 4 is 7.37 Å². The monoisotopic (exact) mass is 162 g/mol. The van der Waals surface area contributed by atoms with Gasteiger partial charge in [0.05, 0.1) is 6.10 Å². The molecule has 0 N–H and O–H groups in total. The average molecular weight is 162 g/mol. The van der Waals surface area contributed by atoms with Crippen molar-refractivity contribution in [3.63, 3.8) is 0 Å². The maximum absolute atomic E-state index is 11.2. The molecule has 2 unspecified atom stereocenters. The molecule has 3 heteroatoms. The van der Waals surface area contributed by atoms with Gasteiger partial charge in [0.2, 0.25) is 7.37 Å². The van der Waals surface area contributed by atoms with Crippen LogP contribution in [0, 0.1) is 0 Å². The lowest BCUT2D eigenvalue weighted by Crippen LogP contribution is -2.02. The molecule has 0 aromatic carbocycles. The minimum atomic E-state index is -2.48. The zero-order chi connectivity index (χ0) is 8.20. The lowest BCUT2D eigenvalue weighted by Gasteiger charge is -2.14.